The van der Waals surface area contributed by atoms with Gasteiger partial charge in [0.05, 0.1) is 39.0 Å². The average Bonchev–Trinajstić information content (AvgIpc) is 2.71. The van der Waals surface area contributed by atoms with Crippen LogP contribution in [-0.2, 0) is 14.4 Å². The minimum absolute atomic E-state index is 0.0317. The molecular weight excluding hydrogens is 410 g/mol. The molecule has 0 aliphatic heterocycles. The van der Waals surface area contributed by atoms with Crippen molar-refractivity contribution in [1.82, 2.24) is 0 Å². The number of unbranched alkanes of at least 4 members (excludes halogenated alkanes) is 7. The van der Waals surface area contributed by atoms with Crippen LogP contribution in [0.3, 0.4) is 0 Å². The minimum atomic E-state index is -1.09. The van der Waals surface area contributed by atoms with Gasteiger partial charge >= 0.3 is 11.9 Å². The second-order valence-corrected chi connectivity index (χ2v) is 8.88. The molecule has 0 saturated carbocycles. The Morgan fingerprint density at radius 1 is 0.656 bits per heavy atom. The van der Waals surface area contributed by atoms with Gasteiger partial charge in [-0.3, -0.25) is 9.59 Å². The number of nitrogens with zero attached hydrogens (tertiary/aromatic N) is 1. The highest BCUT2D eigenvalue weighted by molar-refractivity contribution is 5.66. The second-order valence-electron chi connectivity index (χ2n) is 8.88. The first kappa shape index (κ1) is 30.1. The number of carbonyl (C=O) groups is 3. The lowest BCUT2D eigenvalue weighted by Gasteiger charge is -2.39. The van der Waals surface area contributed by atoms with Crippen LogP contribution in [0.5, 0.6) is 0 Å². The molecule has 0 saturated heterocycles. The van der Waals surface area contributed by atoms with Crippen molar-refractivity contribution >= 4 is 17.9 Å². The van der Waals surface area contributed by atoms with E-state index < -0.39 is 17.9 Å². The van der Waals surface area contributed by atoms with Gasteiger partial charge in [0, 0.05) is 31.7 Å². The summed E-state index contributed by atoms with van der Waals surface area (Å²) in [5.74, 6) is -2.78. The van der Waals surface area contributed by atoms with Crippen LogP contribution in [0.4, 0.5) is 0 Å². The van der Waals surface area contributed by atoms with E-state index in [1.807, 2.05) is 0 Å². The fourth-order valence-electron chi connectivity index (χ4n) is 4.18. The van der Waals surface area contributed by atoms with E-state index in [1.54, 1.807) is 0 Å². The zero-order valence-corrected chi connectivity index (χ0v) is 20.1. The lowest BCUT2D eigenvalue weighted by Crippen LogP contribution is -2.51. The van der Waals surface area contributed by atoms with E-state index in [9.17, 15) is 19.5 Å². The van der Waals surface area contributed by atoms with Gasteiger partial charge in [0.2, 0.25) is 0 Å². The third kappa shape index (κ3) is 18.8. The third-order valence-electron chi connectivity index (χ3n) is 5.95. The monoisotopic (exact) mass is 455 g/mol. The minimum Gasteiger partial charge on any atom is -0.550 e. The molecule has 0 heterocycles. The first-order valence-electron chi connectivity index (χ1n) is 12.4. The lowest BCUT2D eigenvalue weighted by molar-refractivity contribution is -0.928. The van der Waals surface area contributed by atoms with Crippen LogP contribution >= 0.6 is 0 Å². The van der Waals surface area contributed by atoms with E-state index >= 15 is 0 Å². The zero-order chi connectivity index (χ0) is 24.1. The Labute approximate surface area is 194 Å². The first-order valence-corrected chi connectivity index (χ1v) is 12.4. The smallest absolute Gasteiger partial charge is 0.303 e. The van der Waals surface area contributed by atoms with Gasteiger partial charge in [-0.1, -0.05) is 51.2 Å². The number of aliphatic carboxylic acids is 3. The van der Waals surface area contributed by atoms with Crippen molar-refractivity contribution in [1.29, 1.82) is 0 Å². The first-order chi connectivity index (χ1) is 15.3. The highest BCUT2D eigenvalue weighted by Crippen LogP contribution is 2.17. The molecule has 7 heteroatoms. The van der Waals surface area contributed by atoms with Crippen LogP contribution in [0.1, 0.15) is 103 Å². The Kier molecular flexibility index (Phi) is 18.6. The molecule has 186 valence electrons. The van der Waals surface area contributed by atoms with E-state index in [0.29, 0.717) is 43.4 Å². The maximum absolute atomic E-state index is 11.0. The molecular formula is C25H45NO6. The molecule has 0 rings (SSSR count). The fourth-order valence-corrected chi connectivity index (χ4v) is 4.18. The predicted molar refractivity (Wildman–Crippen MR) is 124 cm³/mol. The molecule has 0 spiro atoms. The third-order valence-corrected chi connectivity index (χ3v) is 5.95. The molecule has 0 radical (unpaired) electrons. The maximum Gasteiger partial charge on any atom is 0.303 e. The van der Waals surface area contributed by atoms with E-state index in [4.69, 9.17) is 10.2 Å². The molecule has 0 aliphatic rings. The van der Waals surface area contributed by atoms with Crippen molar-refractivity contribution in [3.8, 4) is 0 Å². The van der Waals surface area contributed by atoms with Crippen LogP contribution < -0.4 is 5.11 Å². The van der Waals surface area contributed by atoms with Gasteiger partial charge in [0.1, 0.15) is 0 Å². The molecule has 0 amide bonds. The van der Waals surface area contributed by atoms with Gasteiger partial charge in [0.25, 0.3) is 0 Å². The Balaban J connectivity index is 4.67. The topological polar surface area (TPSA) is 115 Å². The Morgan fingerprint density at radius 3 is 1.59 bits per heavy atom. The van der Waals surface area contributed by atoms with Crippen molar-refractivity contribution in [2.45, 2.75) is 103 Å². The molecule has 0 fully saturated rings. The molecule has 0 aromatic rings. The maximum atomic E-state index is 11.0. The summed E-state index contributed by atoms with van der Waals surface area (Å²) in [6.07, 6.45) is 16.6. The summed E-state index contributed by atoms with van der Waals surface area (Å²) in [4.78, 5) is 32.8. The summed E-state index contributed by atoms with van der Waals surface area (Å²) in [7, 11) is 0. The van der Waals surface area contributed by atoms with E-state index in [2.05, 4.69) is 19.1 Å². The Hall–Kier alpha value is -1.89. The summed E-state index contributed by atoms with van der Waals surface area (Å²) in [5, 5.41) is 28.9. The van der Waals surface area contributed by atoms with Crippen molar-refractivity contribution in [2.75, 3.05) is 26.2 Å². The number of carboxylic acid groups (broad SMARTS) is 3. The zero-order valence-electron chi connectivity index (χ0n) is 20.1. The lowest BCUT2D eigenvalue weighted by atomic mass is 10.1. The van der Waals surface area contributed by atoms with Gasteiger partial charge in [-0.25, -0.2) is 0 Å². The predicted octanol–water partition coefficient (Wildman–Crippen LogP) is 4.15. The summed E-state index contributed by atoms with van der Waals surface area (Å²) in [6.45, 7) is 4.88. The van der Waals surface area contributed by atoms with Gasteiger partial charge in [0.15, 0.2) is 0 Å². The second kappa shape index (κ2) is 19.8. The number of allylic oxidation sites excluding steroid dienone is 2. The van der Waals surface area contributed by atoms with Gasteiger partial charge < -0.3 is 24.6 Å². The van der Waals surface area contributed by atoms with E-state index in [-0.39, 0.29) is 19.3 Å². The highest BCUT2D eigenvalue weighted by Gasteiger charge is 2.26. The molecule has 0 aromatic carbocycles. The van der Waals surface area contributed by atoms with E-state index in [1.165, 1.54) is 38.5 Å². The summed E-state index contributed by atoms with van der Waals surface area (Å²) in [6, 6.07) is 0. The van der Waals surface area contributed by atoms with Crippen molar-refractivity contribution in [2.24, 2.45) is 0 Å². The van der Waals surface area contributed by atoms with Gasteiger partial charge in [-0.15, -0.1) is 0 Å². The summed E-state index contributed by atoms with van der Waals surface area (Å²) in [5.41, 5.74) is 0. The molecule has 7 nitrogen and oxygen atoms in total. The number of hydrogen-bond acceptors (Lipinski definition) is 4. The molecule has 0 atom stereocenters. The molecule has 0 aliphatic carbocycles. The Bertz CT molecular complexity index is 496. The molecule has 0 bridgehead atoms. The number of rotatable bonds is 23. The molecule has 32 heavy (non-hydrogen) atoms. The number of carboxylic acids is 3. The number of carbonyl (C=O) groups excluding carboxylic acids is 1. The normalized spacial score (nSPS) is 11.8. The molecule has 0 aromatic heterocycles. The summed E-state index contributed by atoms with van der Waals surface area (Å²) >= 11 is 0. The largest absolute Gasteiger partial charge is 0.550 e. The number of hydrogen-bond donors (Lipinski definition) is 2. The number of quaternary nitrogens is 1. The van der Waals surface area contributed by atoms with Crippen molar-refractivity contribution in [3.05, 3.63) is 12.2 Å². The summed E-state index contributed by atoms with van der Waals surface area (Å²) < 4.78 is 0.582. The average molecular weight is 456 g/mol. The van der Waals surface area contributed by atoms with Crippen molar-refractivity contribution in [3.63, 3.8) is 0 Å². The standard InChI is InChI=1S/C25H45NO6/c1-2-3-4-5-6-7-8-9-10-11-12-19-26(20-13-16-23(27)28,21-14-17-24(29)30)22-15-18-25(31)32/h9-10H,2-8,11-22H2,1H3,(H2-,27,28,29,30,31,32)/b10-9+. The van der Waals surface area contributed by atoms with Crippen LogP contribution in [0.2, 0.25) is 0 Å². The van der Waals surface area contributed by atoms with Gasteiger partial charge in [-0.05, 0) is 25.7 Å². The molecule has 0 unspecified atom stereocenters. The van der Waals surface area contributed by atoms with Crippen LogP contribution in [-0.4, -0.2) is 58.8 Å². The fraction of sp³-hybridized carbons (Fsp3) is 0.800. The van der Waals surface area contributed by atoms with Gasteiger partial charge in [-0.2, -0.15) is 0 Å². The van der Waals surface area contributed by atoms with Crippen LogP contribution in [0, 0.1) is 0 Å². The van der Waals surface area contributed by atoms with Crippen molar-refractivity contribution < 1.29 is 34.2 Å². The van der Waals surface area contributed by atoms with E-state index in [0.717, 1.165) is 25.8 Å². The van der Waals surface area contributed by atoms with Crippen LogP contribution in [0.15, 0.2) is 12.2 Å². The Morgan fingerprint density at radius 2 is 1.09 bits per heavy atom. The van der Waals surface area contributed by atoms with Crippen LogP contribution in [0.25, 0.3) is 0 Å². The molecule has 2 N–H and O–H groups in total. The quantitative estimate of drug-likeness (QED) is 0.136. The highest BCUT2D eigenvalue weighted by atomic mass is 16.4. The SMILES string of the molecule is CCCCCCCC/C=C/CCC[N+](CCCC(=O)[O-])(CCCC(=O)O)CCCC(=O)O.